The van der Waals surface area contributed by atoms with Gasteiger partial charge in [0, 0.05) is 46.3 Å². The highest BCUT2D eigenvalue weighted by Crippen LogP contribution is 2.38. The largest absolute Gasteiger partial charge is 0.493 e. The van der Waals surface area contributed by atoms with E-state index in [1.807, 2.05) is 19.2 Å². The smallest absolute Gasteiger partial charge is 0.203 e. The molecular formula is C24H35IN4O3. The highest BCUT2D eigenvalue weighted by atomic mass is 127. The van der Waals surface area contributed by atoms with E-state index in [0.29, 0.717) is 17.2 Å². The molecule has 176 valence electrons. The lowest BCUT2D eigenvalue weighted by Crippen LogP contribution is -2.52. The highest BCUT2D eigenvalue weighted by molar-refractivity contribution is 14.0. The lowest BCUT2D eigenvalue weighted by atomic mass is 10.1. The van der Waals surface area contributed by atoms with Gasteiger partial charge < -0.3 is 24.4 Å². The monoisotopic (exact) mass is 554 g/mol. The fourth-order valence-corrected chi connectivity index (χ4v) is 3.92. The molecule has 1 N–H and O–H groups in total. The fourth-order valence-electron chi connectivity index (χ4n) is 3.92. The van der Waals surface area contributed by atoms with Gasteiger partial charge in [0.2, 0.25) is 5.75 Å². The molecule has 32 heavy (non-hydrogen) atoms. The molecule has 0 bridgehead atoms. The number of piperazine rings is 1. The van der Waals surface area contributed by atoms with E-state index >= 15 is 0 Å². The van der Waals surface area contributed by atoms with Gasteiger partial charge in [0.25, 0.3) is 0 Å². The van der Waals surface area contributed by atoms with Crippen molar-refractivity contribution in [2.24, 2.45) is 4.99 Å². The Morgan fingerprint density at radius 1 is 0.969 bits per heavy atom. The molecule has 1 saturated heterocycles. The first kappa shape index (κ1) is 26.1. The van der Waals surface area contributed by atoms with Gasteiger partial charge in [-0.05, 0) is 35.7 Å². The topological polar surface area (TPSA) is 58.6 Å². The molecule has 7 nitrogen and oxygen atoms in total. The zero-order chi connectivity index (χ0) is 22.2. The van der Waals surface area contributed by atoms with Crippen LogP contribution < -0.4 is 19.5 Å². The maximum atomic E-state index is 5.49. The van der Waals surface area contributed by atoms with Crippen LogP contribution in [0.15, 0.2) is 41.4 Å². The van der Waals surface area contributed by atoms with Crippen LogP contribution in [0.2, 0.25) is 0 Å². The van der Waals surface area contributed by atoms with E-state index in [0.717, 1.165) is 50.8 Å². The zero-order valence-corrected chi connectivity index (χ0v) is 22.0. The van der Waals surface area contributed by atoms with Crippen LogP contribution in [-0.4, -0.2) is 70.3 Å². The summed E-state index contributed by atoms with van der Waals surface area (Å²) in [6, 6.07) is 12.5. The number of aryl methyl sites for hydroxylation is 1. The van der Waals surface area contributed by atoms with Crippen molar-refractivity contribution in [2.75, 3.05) is 54.6 Å². The first-order valence-electron chi connectivity index (χ1n) is 10.6. The zero-order valence-electron chi connectivity index (χ0n) is 19.7. The number of methoxy groups -OCH3 is 3. The molecule has 3 rings (SSSR count). The second kappa shape index (κ2) is 12.7. The maximum absolute atomic E-state index is 5.49. The Balaban J connectivity index is 0.00000363. The number of hydrogen-bond acceptors (Lipinski definition) is 5. The lowest BCUT2D eigenvalue weighted by Gasteiger charge is -2.36. The Kier molecular flexibility index (Phi) is 10.4. The van der Waals surface area contributed by atoms with E-state index in [1.54, 1.807) is 21.3 Å². The third-order valence-electron chi connectivity index (χ3n) is 5.71. The number of aliphatic imine (C=N–C) groups is 1. The summed E-state index contributed by atoms with van der Waals surface area (Å²) < 4.78 is 16.4. The number of hydrogen-bond donors (Lipinski definition) is 1. The SMILES string of the molecule is CN=C(NCc1ccccc1C)N1CCN(Cc2cc(OC)c(OC)c(OC)c2)CC1.I. The average molecular weight is 554 g/mol. The predicted molar refractivity (Wildman–Crippen MR) is 140 cm³/mol. The first-order valence-corrected chi connectivity index (χ1v) is 10.6. The third kappa shape index (κ3) is 6.41. The highest BCUT2D eigenvalue weighted by Gasteiger charge is 2.21. The van der Waals surface area contributed by atoms with Gasteiger partial charge in [-0.15, -0.1) is 24.0 Å². The number of rotatable bonds is 7. The van der Waals surface area contributed by atoms with Gasteiger partial charge in [-0.3, -0.25) is 9.89 Å². The van der Waals surface area contributed by atoms with Crippen LogP contribution in [0.3, 0.4) is 0 Å². The molecule has 1 aliphatic heterocycles. The Hall–Kier alpha value is -2.20. The van der Waals surface area contributed by atoms with E-state index in [1.165, 1.54) is 11.1 Å². The van der Waals surface area contributed by atoms with E-state index in [9.17, 15) is 0 Å². The Bertz CT molecular complexity index is 874. The van der Waals surface area contributed by atoms with Crippen molar-refractivity contribution in [1.82, 2.24) is 15.1 Å². The molecule has 1 fully saturated rings. The number of guanidine groups is 1. The summed E-state index contributed by atoms with van der Waals surface area (Å²) in [7, 11) is 6.77. The van der Waals surface area contributed by atoms with Crippen molar-refractivity contribution in [3.63, 3.8) is 0 Å². The fraction of sp³-hybridized carbons (Fsp3) is 0.458. The summed E-state index contributed by atoms with van der Waals surface area (Å²) in [5.41, 5.74) is 3.73. The van der Waals surface area contributed by atoms with Crippen LogP contribution in [0.25, 0.3) is 0 Å². The second-order valence-corrected chi connectivity index (χ2v) is 7.62. The number of benzene rings is 2. The van der Waals surface area contributed by atoms with Crippen LogP contribution in [-0.2, 0) is 13.1 Å². The van der Waals surface area contributed by atoms with Crippen LogP contribution in [0.5, 0.6) is 17.2 Å². The molecule has 0 aliphatic carbocycles. The van der Waals surface area contributed by atoms with Gasteiger partial charge in [-0.1, -0.05) is 24.3 Å². The molecule has 0 aromatic heterocycles. The van der Waals surface area contributed by atoms with Gasteiger partial charge in [0.1, 0.15) is 0 Å². The lowest BCUT2D eigenvalue weighted by molar-refractivity contribution is 0.172. The molecule has 1 heterocycles. The van der Waals surface area contributed by atoms with Crippen molar-refractivity contribution in [2.45, 2.75) is 20.0 Å². The molecule has 0 amide bonds. The standard InChI is InChI=1S/C24H34N4O3.HI/c1-18-8-6-7-9-20(18)16-26-24(25-2)28-12-10-27(11-13-28)17-19-14-21(29-3)23(31-5)22(15-19)30-4;/h6-9,14-15H,10-13,16-17H2,1-5H3,(H,25,26);1H. The van der Waals surface area contributed by atoms with Gasteiger partial charge >= 0.3 is 0 Å². The van der Waals surface area contributed by atoms with E-state index in [2.05, 4.69) is 51.3 Å². The molecule has 0 saturated carbocycles. The Morgan fingerprint density at radius 3 is 2.12 bits per heavy atom. The van der Waals surface area contributed by atoms with Crippen LogP contribution in [0.4, 0.5) is 0 Å². The summed E-state index contributed by atoms with van der Waals surface area (Å²) in [6.07, 6.45) is 0. The Morgan fingerprint density at radius 2 is 1.59 bits per heavy atom. The predicted octanol–water partition coefficient (Wildman–Crippen LogP) is 3.53. The molecule has 1 aliphatic rings. The summed E-state index contributed by atoms with van der Waals surface area (Å²) >= 11 is 0. The summed E-state index contributed by atoms with van der Waals surface area (Å²) in [6.45, 7) is 7.53. The van der Waals surface area contributed by atoms with Crippen LogP contribution in [0.1, 0.15) is 16.7 Å². The molecule has 2 aromatic rings. The molecule has 8 heteroatoms. The normalized spacial score (nSPS) is 14.5. The van der Waals surface area contributed by atoms with E-state index in [4.69, 9.17) is 14.2 Å². The quantitative estimate of drug-likeness (QED) is 0.321. The number of ether oxygens (including phenoxy) is 3. The van der Waals surface area contributed by atoms with Gasteiger partial charge in [0.05, 0.1) is 21.3 Å². The molecule has 0 atom stereocenters. The minimum absolute atomic E-state index is 0. The van der Waals surface area contributed by atoms with Crippen molar-refractivity contribution in [3.8, 4) is 17.2 Å². The summed E-state index contributed by atoms with van der Waals surface area (Å²) in [5, 5.41) is 3.51. The summed E-state index contributed by atoms with van der Waals surface area (Å²) in [4.78, 5) is 9.26. The number of nitrogens with one attached hydrogen (secondary N) is 1. The molecule has 0 unspecified atom stereocenters. The van der Waals surface area contributed by atoms with Gasteiger partial charge in [0.15, 0.2) is 17.5 Å². The van der Waals surface area contributed by atoms with Crippen molar-refractivity contribution in [1.29, 1.82) is 0 Å². The van der Waals surface area contributed by atoms with Crippen LogP contribution >= 0.6 is 24.0 Å². The first-order chi connectivity index (χ1) is 15.1. The van der Waals surface area contributed by atoms with Gasteiger partial charge in [-0.25, -0.2) is 0 Å². The van der Waals surface area contributed by atoms with E-state index < -0.39 is 0 Å². The average Bonchev–Trinajstić information content (AvgIpc) is 2.80. The maximum Gasteiger partial charge on any atom is 0.203 e. The number of halogens is 1. The van der Waals surface area contributed by atoms with Crippen molar-refractivity contribution in [3.05, 3.63) is 53.1 Å². The minimum Gasteiger partial charge on any atom is -0.493 e. The molecule has 2 aromatic carbocycles. The molecule has 0 radical (unpaired) electrons. The van der Waals surface area contributed by atoms with Crippen LogP contribution in [0, 0.1) is 6.92 Å². The molecule has 0 spiro atoms. The molecular weight excluding hydrogens is 519 g/mol. The third-order valence-corrected chi connectivity index (χ3v) is 5.71. The second-order valence-electron chi connectivity index (χ2n) is 7.62. The van der Waals surface area contributed by atoms with Crippen molar-refractivity contribution >= 4 is 29.9 Å². The minimum atomic E-state index is 0. The van der Waals surface area contributed by atoms with Crippen molar-refractivity contribution < 1.29 is 14.2 Å². The van der Waals surface area contributed by atoms with E-state index in [-0.39, 0.29) is 24.0 Å². The van der Waals surface area contributed by atoms with Gasteiger partial charge in [-0.2, -0.15) is 0 Å². The Labute approximate surface area is 208 Å². The summed E-state index contributed by atoms with van der Waals surface area (Å²) in [5.74, 6) is 2.96. The number of nitrogens with zero attached hydrogens (tertiary/aromatic N) is 3.